The Morgan fingerprint density at radius 1 is 0.340 bits per heavy atom. The molecule has 6 heterocycles. The number of carbonyl (C=O) groups excluding carboxylic acids is 4. The predicted molar refractivity (Wildman–Crippen MR) is 517 cm³/mol. The van der Waals surface area contributed by atoms with Crippen LogP contribution in [0.4, 0.5) is 0 Å². The van der Waals surface area contributed by atoms with E-state index in [0.29, 0.717) is 0 Å². The fraction of sp³-hybridized carbons (Fsp3) is 0.686. The molecule has 4 fully saturated rings. The molecule has 4 saturated heterocycles. The largest absolute Gasteiger partial charge is 0.462 e. The number of hydrogen-bond donors (Lipinski definition) is 24. The van der Waals surface area contributed by atoms with Crippen molar-refractivity contribution in [3.8, 4) is 0 Å². The summed E-state index contributed by atoms with van der Waals surface area (Å²) in [6.45, 7) is 13.0. The third kappa shape index (κ3) is 44.3. The van der Waals surface area contributed by atoms with Gasteiger partial charge >= 0.3 is 11.9 Å². The smallest absolute Gasteiger partial charge is 0.308 e. The number of rotatable bonds is 18. The Bertz CT molecular complexity index is 3820. The first-order valence-corrected chi connectivity index (χ1v) is 49.1. The molecule has 800 valence electrons. The number of fused-ring (bicyclic) bond motifs is 4. The lowest BCUT2D eigenvalue weighted by molar-refractivity contribution is -0.308. The first-order chi connectivity index (χ1) is 66.9. The third-order valence-corrected chi connectivity index (χ3v) is 25.9. The number of cyclic esters (lactones) is 2. The van der Waals surface area contributed by atoms with Crippen LogP contribution >= 0.6 is 0 Å². The number of ether oxygens (including phenoxy) is 11. The molecular formula is C102H162N4O35. The van der Waals surface area contributed by atoms with Gasteiger partial charge in [0, 0.05) is 88.1 Å². The van der Waals surface area contributed by atoms with Gasteiger partial charge in [-0.2, -0.15) is 0 Å². The van der Waals surface area contributed by atoms with Crippen LogP contribution in [-0.2, 0) is 71.3 Å². The highest BCUT2D eigenvalue weighted by Gasteiger charge is 2.54. The van der Waals surface area contributed by atoms with Gasteiger partial charge in [-0.1, -0.05) is 198 Å². The molecule has 0 unspecified atom stereocenters. The number of carbonyl (C=O) groups is 4. The summed E-state index contributed by atoms with van der Waals surface area (Å²) >= 11 is 0. The summed E-state index contributed by atoms with van der Waals surface area (Å²) in [5, 5.41) is 230. The van der Waals surface area contributed by atoms with E-state index in [9.17, 15) is 121 Å². The fourth-order valence-corrected chi connectivity index (χ4v) is 17.2. The van der Waals surface area contributed by atoms with Gasteiger partial charge in [-0.15, -0.1) is 0 Å². The molecule has 0 aromatic carbocycles. The number of nitrogens with one attached hydrogen (secondary N) is 2. The highest BCUT2D eigenvalue weighted by atomic mass is 16.7. The van der Waals surface area contributed by atoms with Crippen LogP contribution < -0.4 is 22.1 Å². The summed E-state index contributed by atoms with van der Waals surface area (Å²) in [6.07, 6.45) is 3.99. The van der Waals surface area contributed by atoms with Gasteiger partial charge in [0.1, 0.15) is 24.4 Å². The van der Waals surface area contributed by atoms with E-state index in [1.807, 2.05) is 13.8 Å². The van der Waals surface area contributed by atoms with Crippen molar-refractivity contribution in [3.63, 3.8) is 0 Å². The molecule has 0 saturated carbocycles. The minimum atomic E-state index is -2.42. The Balaban J connectivity index is 1.11. The van der Waals surface area contributed by atoms with Crippen LogP contribution in [0.3, 0.4) is 0 Å². The molecule has 6 aliphatic rings. The van der Waals surface area contributed by atoms with Crippen molar-refractivity contribution in [2.75, 3.05) is 52.7 Å². The van der Waals surface area contributed by atoms with Crippen LogP contribution in [0.5, 0.6) is 0 Å². The molecule has 6 rings (SSSR count). The minimum absolute atomic E-state index is 0.00632. The van der Waals surface area contributed by atoms with Gasteiger partial charge in [0.05, 0.1) is 211 Å². The second kappa shape index (κ2) is 64.2. The van der Waals surface area contributed by atoms with Crippen LogP contribution in [-0.4, -0.2) is 374 Å². The second-order valence-electron chi connectivity index (χ2n) is 37.9. The Kier molecular flexibility index (Phi) is 55.9. The van der Waals surface area contributed by atoms with Crippen LogP contribution in [0, 0.1) is 35.5 Å². The molecule has 2 amide bonds. The lowest BCUT2D eigenvalue weighted by Crippen LogP contribution is -2.62. The molecule has 0 aromatic heterocycles. The van der Waals surface area contributed by atoms with Crippen molar-refractivity contribution < 1.29 is 173 Å². The summed E-state index contributed by atoms with van der Waals surface area (Å²) in [5.41, 5.74) is 12.4. The molecular weight excluding hydrogens is 1840 g/mol. The van der Waals surface area contributed by atoms with Gasteiger partial charge in [0.25, 0.3) is 0 Å². The van der Waals surface area contributed by atoms with E-state index in [1.54, 1.807) is 186 Å². The number of esters is 2. The summed E-state index contributed by atoms with van der Waals surface area (Å²) in [4.78, 5) is 54.6. The Morgan fingerprint density at radius 2 is 0.638 bits per heavy atom. The van der Waals surface area contributed by atoms with E-state index >= 15 is 0 Å². The topological polar surface area (TPSA) is 651 Å². The first-order valence-electron chi connectivity index (χ1n) is 49.1. The van der Waals surface area contributed by atoms with Crippen molar-refractivity contribution in [1.82, 2.24) is 10.6 Å². The van der Waals surface area contributed by atoms with Gasteiger partial charge in [0.2, 0.25) is 11.8 Å². The van der Waals surface area contributed by atoms with Gasteiger partial charge in [0.15, 0.2) is 24.2 Å². The molecule has 39 heteroatoms. The Labute approximate surface area is 826 Å². The van der Waals surface area contributed by atoms with Crippen molar-refractivity contribution in [1.29, 1.82) is 0 Å². The van der Waals surface area contributed by atoms with Crippen molar-refractivity contribution in [2.24, 2.45) is 47.0 Å². The van der Waals surface area contributed by atoms with E-state index in [4.69, 9.17) is 63.6 Å². The van der Waals surface area contributed by atoms with E-state index in [1.165, 1.54) is 26.0 Å². The molecule has 0 radical (unpaired) electrons. The Morgan fingerprint density at radius 3 is 0.957 bits per heavy atom. The maximum absolute atomic E-state index is 14.4. The molecule has 141 heavy (non-hydrogen) atoms. The molecule has 26 N–H and O–H groups in total. The minimum Gasteiger partial charge on any atom is -0.462 e. The molecule has 0 aromatic rings. The maximum atomic E-state index is 14.4. The zero-order valence-electron chi connectivity index (χ0n) is 82.1. The average molecular weight is 2000 g/mol. The van der Waals surface area contributed by atoms with E-state index < -0.39 is 294 Å². The number of aliphatic hydroxyl groups excluding tert-OH is 18. The summed E-state index contributed by atoms with van der Waals surface area (Å²) < 4.78 is 65.4. The first kappa shape index (κ1) is 123. The molecule has 4 bridgehead atoms. The third-order valence-electron chi connectivity index (χ3n) is 25.9. The summed E-state index contributed by atoms with van der Waals surface area (Å²) in [7, 11) is 0. The fourth-order valence-electron chi connectivity index (χ4n) is 17.2. The van der Waals surface area contributed by atoms with Crippen LogP contribution in [0.15, 0.2) is 170 Å². The Hall–Kier alpha value is -7.00. The van der Waals surface area contributed by atoms with Crippen molar-refractivity contribution in [2.45, 2.75) is 353 Å². The van der Waals surface area contributed by atoms with E-state index in [0.717, 1.165) is 0 Å². The quantitative estimate of drug-likeness (QED) is 0.0658. The van der Waals surface area contributed by atoms with Gasteiger partial charge in [-0.3, -0.25) is 19.2 Å². The number of amides is 2. The normalized spacial score (nSPS) is 39.8. The zero-order valence-corrected chi connectivity index (χ0v) is 82.1. The number of hydrogen-bond acceptors (Lipinski definition) is 37. The standard InChI is InChI=1S/C102H162N4O35/c1-61-33-29-25-21-17-13-9-11-15-19-23-27-31-35-75(138-99-95(125)89(103)93(123)67(7)136-99)55-83-87(81(117)59-101(129,140-83)57-73(111)51-79(115)77(113)39-37-69(107)49-71(109)53-85(119)134-65(5)63(3)91(61)121)97(127)105-41-43-131-45-47-133-48-46-132-44-42-106-98(128)88-82(118)60-102(130)58-74(112)52-80(116)78(114)40-38-70(108)50-72(110)54-86(120)135-66(6)64(4)92(122)62(2)34-30-26-22-18-14-10-12-16-20-24-28-32-36-76(56-84(88)141-102)139-100-96(126)90(104)94(124)68(8)137-100/h9-36,61-84,87-96,99-100,107-118,121-126,129-130H,37-60,103-104H2,1-8H3,(H,105,127)(H,106,128)/t61-,62-,63-,64-,65-,66-,67+,68+,69+,70+,71+,72+,73-,74-,75-,76-,77+,78+,79+,80+,81-,82-,83-,84-,87-,88-,89-,90-,91+,92+,93+,94+,95-,96-,99-,100-,101+,102+/m0/s1. The van der Waals surface area contributed by atoms with Crippen LogP contribution in [0.25, 0.3) is 0 Å². The molecule has 6 aliphatic heterocycles. The maximum Gasteiger partial charge on any atom is 0.308 e. The SMILES string of the molecule is C[C@@H]1[C@H](O)[C@@H](C)C=CC=CC=CC=CC=CC=CC=C[C@H](O[C@@H]2O[C@H](C)[C@@H](O)[C@H](N)[C@@H]2O)C[C@@H]2O[C@](O)(C[C@@H](O)C[C@@H](O)[C@H](O)CC[C@@H](O)C[C@@H](O)CC(=O)O[C@H]1C)C[C@H](O)[C@@H]2C(=O)NCCOCCOCCOCCNC(=O)[C@@H]1[C@@H]2C[C@@H](O[C@@H]3O[C@H](C)[C@@H](O)[C@H](N)[C@@H]3O)C=CC=CC=CC=CC=CC=CC=C[C@H](C)[C@@H](O)[C@@H](C)[C@H](C)OC(=O)C[C@H](O)C[C@H](O)CC[C@@H](O)[C@H](O)C[C@H](O)C[C@](O)(C[C@@H]1O)O2. The molecule has 0 spiro atoms. The molecule has 0 aliphatic carbocycles. The van der Waals surface area contributed by atoms with E-state index in [2.05, 4.69) is 10.6 Å². The highest BCUT2D eigenvalue weighted by molar-refractivity contribution is 5.80. The lowest BCUT2D eigenvalue weighted by atomic mass is 9.82. The van der Waals surface area contributed by atoms with E-state index in [-0.39, 0.29) is 116 Å². The summed E-state index contributed by atoms with van der Waals surface area (Å²) in [5.74, 6) is -12.5. The van der Waals surface area contributed by atoms with Gasteiger partial charge in [-0.05, 0) is 66.2 Å². The summed E-state index contributed by atoms with van der Waals surface area (Å²) in [6, 6.07) is -2.46. The predicted octanol–water partition coefficient (Wildman–Crippen LogP) is 0.550. The molecule has 39 nitrogen and oxygen atoms in total. The number of aliphatic hydroxyl groups is 20. The van der Waals surface area contributed by atoms with Crippen molar-refractivity contribution >= 4 is 23.8 Å². The molecule has 38 atom stereocenters. The monoisotopic (exact) mass is 2000 g/mol. The van der Waals surface area contributed by atoms with Crippen LogP contribution in [0.1, 0.15) is 158 Å². The lowest BCUT2D eigenvalue weighted by Gasteiger charge is -2.46. The zero-order chi connectivity index (χ0) is 104. The number of allylic oxidation sites excluding steroid dienone is 24. The van der Waals surface area contributed by atoms with Gasteiger partial charge in [-0.25, -0.2) is 0 Å². The second-order valence-corrected chi connectivity index (χ2v) is 37.9. The highest BCUT2D eigenvalue weighted by Crippen LogP contribution is 2.41. The average Bonchev–Trinajstić information content (AvgIpc) is 0.753. The number of nitrogens with two attached hydrogens (primary N) is 2. The van der Waals surface area contributed by atoms with Crippen molar-refractivity contribution in [3.05, 3.63) is 170 Å². The van der Waals surface area contributed by atoms with Gasteiger partial charge < -0.3 is 176 Å². The van der Waals surface area contributed by atoms with Crippen LogP contribution in [0.2, 0.25) is 0 Å².